The zero-order chi connectivity index (χ0) is 22.2. The Morgan fingerprint density at radius 1 is 0.848 bits per heavy atom. The highest BCUT2D eigenvalue weighted by molar-refractivity contribution is 5.94. The summed E-state index contributed by atoms with van der Waals surface area (Å²) in [6, 6.07) is 24.2. The maximum atomic E-state index is 4.54. The molecule has 0 fully saturated rings. The van der Waals surface area contributed by atoms with Gasteiger partial charge in [-0.15, -0.1) is 10.2 Å². The maximum Gasteiger partial charge on any atom is 0.160 e. The Labute approximate surface area is 189 Å². The normalized spacial score (nSPS) is 11.3. The molecular formula is C25H20N8. The highest BCUT2D eigenvalue weighted by atomic mass is 15.4. The standard InChI is InChI=1S/C25H20N8/c1-17-21-9-5-6-10-22(21)25(30-28-17)27-18-11-12-23-24(13-18)32(16-26-23)14-19-15-33(31-29-19)20-7-3-2-4-8-20/h2-13,15-16H,14H2,1H3,(H,27,30). The van der Waals surface area contributed by atoms with E-state index in [1.165, 1.54) is 0 Å². The molecular weight excluding hydrogens is 412 g/mol. The Hall–Kier alpha value is -4.59. The summed E-state index contributed by atoms with van der Waals surface area (Å²) < 4.78 is 3.85. The lowest BCUT2D eigenvalue weighted by Gasteiger charge is -2.10. The molecule has 0 aliphatic heterocycles. The fraction of sp³-hybridized carbons (Fsp3) is 0.0800. The smallest absolute Gasteiger partial charge is 0.160 e. The average molecular weight is 432 g/mol. The first-order chi connectivity index (χ1) is 16.2. The molecule has 1 N–H and O–H groups in total. The molecule has 33 heavy (non-hydrogen) atoms. The molecule has 0 saturated carbocycles. The van der Waals surface area contributed by atoms with E-state index >= 15 is 0 Å². The molecule has 6 aromatic rings. The van der Waals surface area contributed by atoms with Crippen LogP contribution in [-0.2, 0) is 6.54 Å². The van der Waals surface area contributed by atoms with Crippen molar-refractivity contribution < 1.29 is 0 Å². The van der Waals surface area contributed by atoms with Crippen molar-refractivity contribution in [1.29, 1.82) is 0 Å². The van der Waals surface area contributed by atoms with Crippen molar-refractivity contribution in [2.24, 2.45) is 0 Å². The van der Waals surface area contributed by atoms with Crippen LogP contribution in [0.25, 0.3) is 27.5 Å². The molecule has 3 heterocycles. The van der Waals surface area contributed by atoms with Crippen LogP contribution in [0.15, 0.2) is 85.3 Å². The third kappa shape index (κ3) is 3.57. The summed E-state index contributed by atoms with van der Waals surface area (Å²) in [5.41, 5.74) is 5.57. The molecule has 0 radical (unpaired) electrons. The van der Waals surface area contributed by atoms with Gasteiger partial charge in [-0.25, -0.2) is 9.67 Å². The molecule has 0 amide bonds. The number of nitrogens with zero attached hydrogens (tertiary/aromatic N) is 7. The lowest BCUT2D eigenvalue weighted by atomic mass is 10.1. The van der Waals surface area contributed by atoms with Crippen LogP contribution in [0.3, 0.4) is 0 Å². The number of hydrogen-bond acceptors (Lipinski definition) is 6. The minimum atomic E-state index is 0.569. The molecule has 0 spiro atoms. The number of rotatable bonds is 5. The van der Waals surface area contributed by atoms with Crippen LogP contribution < -0.4 is 5.32 Å². The van der Waals surface area contributed by atoms with Gasteiger partial charge in [0, 0.05) is 16.5 Å². The van der Waals surface area contributed by atoms with Crippen LogP contribution in [-0.4, -0.2) is 34.7 Å². The molecule has 0 aliphatic rings. The Morgan fingerprint density at radius 3 is 2.55 bits per heavy atom. The SMILES string of the molecule is Cc1nnc(Nc2ccc3ncn(Cc4cn(-c5ccccc5)nn4)c3c2)c2ccccc12. The fourth-order valence-corrected chi connectivity index (χ4v) is 3.98. The summed E-state index contributed by atoms with van der Waals surface area (Å²) in [5.74, 6) is 0.729. The van der Waals surface area contributed by atoms with Gasteiger partial charge in [-0.05, 0) is 37.3 Å². The first-order valence-corrected chi connectivity index (χ1v) is 10.7. The second kappa shape index (κ2) is 7.83. The van der Waals surface area contributed by atoms with Crippen molar-refractivity contribution >= 4 is 33.3 Å². The Balaban J connectivity index is 1.31. The van der Waals surface area contributed by atoms with Gasteiger partial charge >= 0.3 is 0 Å². The molecule has 0 saturated heterocycles. The van der Waals surface area contributed by atoms with Crippen molar-refractivity contribution in [2.75, 3.05) is 5.32 Å². The number of benzene rings is 3. The van der Waals surface area contributed by atoms with Gasteiger partial charge < -0.3 is 9.88 Å². The number of nitrogens with one attached hydrogen (secondary N) is 1. The monoisotopic (exact) mass is 432 g/mol. The highest BCUT2D eigenvalue weighted by Gasteiger charge is 2.10. The largest absolute Gasteiger partial charge is 0.338 e. The Morgan fingerprint density at radius 2 is 1.67 bits per heavy atom. The van der Waals surface area contributed by atoms with Gasteiger partial charge in [-0.3, -0.25) is 0 Å². The number of anilines is 2. The van der Waals surface area contributed by atoms with E-state index in [-0.39, 0.29) is 0 Å². The number of hydrogen-bond donors (Lipinski definition) is 1. The van der Waals surface area contributed by atoms with Crippen LogP contribution >= 0.6 is 0 Å². The van der Waals surface area contributed by atoms with E-state index in [0.29, 0.717) is 6.54 Å². The predicted molar refractivity (Wildman–Crippen MR) is 128 cm³/mol. The van der Waals surface area contributed by atoms with Crippen LogP contribution in [0.2, 0.25) is 0 Å². The number of para-hydroxylation sites is 1. The lowest BCUT2D eigenvalue weighted by molar-refractivity contribution is 0.770. The summed E-state index contributed by atoms with van der Waals surface area (Å²) in [6.07, 6.45) is 3.77. The molecule has 0 bridgehead atoms. The summed E-state index contributed by atoms with van der Waals surface area (Å²) >= 11 is 0. The number of aromatic nitrogens is 7. The molecule has 8 nitrogen and oxygen atoms in total. The van der Waals surface area contributed by atoms with Crippen molar-refractivity contribution in [1.82, 2.24) is 34.7 Å². The number of imidazole rings is 1. The van der Waals surface area contributed by atoms with Crippen LogP contribution in [0.1, 0.15) is 11.4 Å². The zero-order valence-electron chi connectivity index (χ0n) is 17.9. The third-order valence-electron chi connectivity index (χ3n) is 5.65. The minimum Gasteiger partial charge on any atom is -0.338 e. The van der Waals surface area contributed by atoms with E-state index in [0.717, 1.165) is 50.4 Å². The molecule has 3 aromatic heterocycles. The zero-order valence-corrected chi connectivity index (χ0v) is 17.9. The van der Waals surface area contributed by atoms with Crippen molar-refractivity contribution in [3.8, 4) is 5.69 Å². The fourth-order valence-electron chi connectivity index (χ4n) is 3.98. The summed E-state index contributed by atoms with van der Waals surface area (Å²) in [7, 11) is 0. The summed E-state index contributed by atoms with van der Waals surface area (Å²) in [5, 5.41) is 22.8. The molecule has 160 valence electrons. The molecule has 3 aromatic carbocycles. The molecule has 8 heteroatoms. The van der Waals surface area contributed by atoms with E-state index in [1.54, 1.807) is 4.68 Å². The predicted octanol–water partition coefficient (Wildman–Crippen LogP) is 4.66. The first kappa shape index (κ1) is 19.1. The minimum absolute atomic E-state index is 0.569. The summed E-state index contributed by atoms with van der Waals surface area (Å²) in [6.45, 7) is 2.54. The van der Waals surface area contributed by atoms with Crippen molar-refractivity contribution in [3.63, 3.8) is 0 Å². The summed E-state index contributed by atoms with van der Waals surface area (Å²) in [4.78, 5) is 4.54. The Bertz CT molecular complexity index is 1580. The number of fused-ring (bicyclic) bond motifs is 2. The lowest BCUT2D eigenvalue weighted by Crippen LogP contribution is -2.00. The van der Waals surface area contributed by atoms with E-state index in [2.05, 4.69) is 53.6 Å². The second-order valence-electron chi connectivity index (χ2n) is 7.87. The topological polar surface area (TPSA) is 86.3 Å². The van der Waals surface area contributed by atoms with E-state index < -0.39 is 0 Å². The number of aryl methyl sites for hydroxylation is 1. The molecule has 6 rings (SSSR count). The van der Waals surface area contributed by atoms with Gasteiger partial charge in [0.15, 0.2) is 5.82 Å². The molecule has 0 aliphatic carbocycles. The average Bonchev–Trinajstić information content (AvgIpc) is 3.49. The quantitative estimate of drug-likeness (QED) is 0.426. The molecule has 0 unspecified atom stereocenters. The van der Waals surface area contributed by atoms with Crippen LogP contribution in [0, 0.1) is 6.92 Å². The first-order valence-electron chi connectivity index (χ1n) is 10.7. The van der Waals surface area contributed by atoms with Gasteiger partial charge in [-0.1, -0.05) is 47.7 Å². The van der Waals surface area contributed by atoms with Gasteiger partial charge in [0.05, 0.1) is 41.5 Å². The third-order valence-corrected chi connectivity index (χ3v) is 5.65. The van der Waals surface area contributed by atoms with Gasteiger partial charge in [-0.2, -0.15) is 5.10 Å². The van der Waals surface area contributed by atoms with E-state index in [9.17, 15) is 0 Å². The molecule has 0 atom stereocenters. The van der Waals surface area contributed by atoms with Gasteiger partial charge in [0.2, 0.25) is 0 Å². The Kier molecular flexibility index (Phi) is 4.54. The van der Waals surface area contributed by atoms with Gasteiger partial charge in [0.25, 0.3) is 0 Å². The van der Waals surface area contributed by atoms with E-state index in [1.807, 2.05) is 74.0 Å². The van der Waals surface area contributed by atoms with Gasteiger partial charge in [0.1, 0.15) is 5.69 Å². The van der Waals surface area contributed by atoms with Crippen LogP contribution in [0.4, 0.5) is 11.5 Å². The van der Waals surface area contributed by atoms with Crippen molar-refractivity contribution in [2.45, 2.75) is 13.5 Å². The van der Waals surface area contributed by atoms with Crippen molar-refractivity contribution in [3.05, 3.63) is 96.7 Å². The van der Waals surface area contributed by atoms with Crippen LogP contribution in [0.5, 0.6) is 0 Å². The second-order valence-corrected chi connectivity index (χ2v) is 7.87. The highest BCUT2D eigenvalue weighted by Crippen LogP contribution is 2.27. The van der Waals surface area contributed by atoms with E-state index in [4.69, 9.17) is 0 Å². The maximum absolute atomic E-state index is 4.54.